The molecule has 1 rings (SSSR count). The van der Waals surface area contributed by atoms with Crippen LogP contribution in [-0.2, 0) is 0 Å². The molecule has 0 aliphatic carbocycles. The van der Waals surface area contributed by atoms with Crippen LogP contribution in [-0.4, -0.2) is 12.6 Å². The Morgan fingerprint density at radius 2 is 2.11 bits per heavy atom. The van der Waals surface area contributed by atoms with Gasteiger partial charge in [0.05, 0.1) is 4.47 Å². The third-order valence-corrected chi connectivity index (χ3v) is 3.59. The number of nitrogens with two attached hydrogens (primary N) is 1. The summed E-state index contributed by atoms with van der Waals surface area (Å²) in [5.74, 6) is -0.243. The number of anilines is 1. The number of halogens is 2. The lowest BCUT2D eigenvalue weighted by atomic mass is 10.1. The summed E-state index contributed by atoms with van der Waals surface area (Å²) in [7, 11) is 0. The molecule has 102 valence electrons. The van der Waals surface area contributed by atoms with Crippen molar-refractivity contribution in [1.29, 1.82) is 0 Å². The van der Waals surface area contributed by atoms with Crippen LogP contribution in [0.15, 0.2) is 22.7 Å². The van der Waals surface area contributed by atoms with Crippen molar-refractivity contribution in [3.63, 3.8) is 0 Å². The first-order valence-corrected chi connectivity index (χ1v) is 7.38. The molecule has 1 unspecified atom stereocenters. The second-order valence-electron chi connectivity index (χ2n) is 4.56. The normalized spacial score (nSPS) is 12.4. The molecule has 0 fully saturated rings. The summed E-state index contributed by atoms with van der Waals surface area (Å²) in [4.78, 5) is 0. The van der Waals surface area contributed by atoms with E-state index in [1.165, 1.54) is 31.7 Å². The fourth-order valence-corrected chi connectivity index (χ4v) is 2.27. The van der Waals surface area contributed by atoms with Gasteiger partial charge in [0.1, 0.15) is 5.82 Å². The molecule has 18 heavy (non-hydrogen) atoms. The highest BCUT2D eigenvalue weighted by atomic mass is 79.9. The van der Waals surface area contributed by atoms with Gasteiger partial charge in [0.2, 0.25) is 0 Å². The molecule has 3 N–H and O–H groups in total. The standard InChI is InChI=1S/C14H22BrFN2/c1-2-3-4-5-6-12(10-17)18-11-7-8-14(16)13(15)9-11/h7-9,12,18H,2-6,10,17H2,1H3. The van der Waals surface area contributed by atoms with Gasteiger partial charge in [-0.05, 0) is 40.5 Å². The number of rotatable bonds is 8. The summed E-state index contributed by atoms with van der Waals surface area (Å²) in [6.45, 7) is 2.80. The first kappa shape index (κ1) is 15.4. The molecule has 0 amide bonds. The Balaban J connectivity index is 2.44. The number of unbranched alkanes of at least 4 members (excludes halogenated alkanes) is 3. The Morgan fingerprint density at radius 3 is 2.72 bits per heavy atom. The molecule has 0 spiro atoms. The van der Waals surface area contributed by atoms with Crippen molar-refractivity contribution in [2.75, 3.05) is 11.9 Å². The fraction of sp³-hybridized carbons (Fsp3) is 0.571. The maximum Gasteiger partial charge on any atom is 0.137 e. The van der Waals surface area contributed by atoms with E-state index in [-0.39, 0.29) is 11.9 Å². The van der Waals surface area contributed by atoms with E-state index in [4.69, 9.17) is 5.73 Å². The first-order chi connectivity index (χ1) is 8.67. The van der Waals surface area contributed by atoms with Crippen LogP contribution in [0.25, 0.3) is 0 Å². The van der Waals surface area contributed by atoms with Crippen LogP contribution in [0, 0.1) is 5.82 Å². The maximum atomic E-state index is 13.1. The van der Waals surface area contributed by atoms with E-state index < -0.39 is 0 Å². The van der Waals surface area contributed by atoms with Crippen molar-refractivity contribution >= 4 is 21.6 Å². The zero-order valence-electron chi connectivity index (χ0n) is 10.9. The third kappa shape index (κ3) is 5.36. The second-order valence-corrected chi connectivity index (χ2v) is 5.41. The van der Waals surface area contributed by atoms with Crippen LogP contribution >= 0.6 is 15.9 Å². The van der Waals surface area contributed by atoms with Crippen LogP contribution in [0.4, 0.5) is 10.1 Å². The Hall–Kier alpha value is -0.610. The minimum absolute atomic E-state index is 0.243. The monoisotopic (exact) mass is 316 g/mol. The van der Waals surface area contributed by atoms with Crippen molar-refractivity contribution in [3.05, 3.63) is 28.5 Å². The van der Waals surface area contributed by atoms with Gasteiger partial charge in [-0.25, -0.2) is 4.39 Å². The summed E-state index contributed by atoms with van der Waals surface area (Å²) >= 11 is 3.18. The Labute approximate surface area is 117 Å². The number of benzene rings is 1. The summed E-state index contributed by atoms with van der Waals surface area (Å²) in [6, 6.07) is 5.22. The largest absolute Gasteiger partial charge is 0.381 e. The van der Waals surface area contributed by atoms with E-state index in [2.05, 4.69) is 28.2 Å². The zero-order valence-corrected chi connectivity index (χ0v) is 12.5. The molecule has 0 radical (unpaired) electrons. The van der Waals surface area contributed by atoms with E-state index in [1.54, 1.807) is 12.1 Å². The molecule has 2 nitrogen and oxygen atoms in total. The Kier molecular flexibility index (Phi) is 7.28. The number of nitrogens with one attached hydrogen (secondary N) is 1. The van der Waals surface area contributed by atoms with Gasteiger partial charge in [0.25, 0.3) is 0 Å². The molecule has 0 aromatic heterocycles. The molecule has 0 bridgehead atoms. The quantitative estimate of drug-likeness (QED) is 0.702. The SMILES string of the molecule is CCCCCCC(CN)Nc1ccc(F)c(Br)c1. The number of hydrogen-bond donors (Lipinski definition) is 2. The second kappa shape index (κ2) is 8.48. The van der Waals surface area contributed by atoms with Crippen LogP contribution in [0.3, 0.4) is 0 Å². The average Bonchev–Trinajstić information content (AvgIpc) is 2.37. The van der Waals surface area contributed by atoms with E-state index in [1.807, 2.05) is 0 Å². The van der Waals surface area contributed by atoms with Crippen molar-refractivity contribution in [2.24, 2.45) is 5.73 Å². The molecular weight excluding hydrogens is 295 g/mol. The maximum absolute atomic E-state index is 13.1. The Morgan fingerprint density at radius 1 is 1.33 bits per heavy atom. The molecule has 1 aromatic carbocycles. The highest BCUT2D eigenvalue weighted by molar-refractivity contribution is 9.10. The summed E-state index contributed by atoms with van der Waals surface area (Å²) < 4.78 is 13.6. The molecule has 4 heteroatoms. The minimum atomic E-state index is -0.243. The predicted molar refractivity (Wildman–Crippen MR) is 79.3 cm³/mol. The number of hydrogen-bond acceptors (Lipinski definition) is 2. The van der Waals surface area contributed by atoms with E-state index in [0.29, 0.717) is 11.0 Å². The molecule has 0 saturated heterocycles. The molecule has 0 saturated carbocycles. The van der Waals surface area contributed by atoms with Gasteiger partial charge in [-0.1, -0.05) is 32.6 Å². The van der Waals surface area contributed by atoms with Gasteiger partial charge >= 0.3 is 0 Å². The van der Waals surface area contributed by atoms with Gasteiger partial charge in [0.15, 0.2) is 0 Å². The van der Waals surface area contributed by atoms with Crippen molar-refractivity contribution in [2.45, 2.75) is 45.1 Å². The van der Waals surface area contributed by atoms with Gasteiger partial charge < -0.3 is 11.1 Å². The third-order valence-electron chi connectivity index (χ3n) is 2.98. The van der Waals surface area contributed by atoms with E-state index in [9.17, 15) is 4.39 Å². The van der Waals surface area contributed by atoms with Crippen LogP contribution in [0.2, 0.25) is 0 Å². The van der Waals surface area contributed by atoms with Crippen LogP contribution < -0.4 is 11.1 Å². The molecule has 1 aromatic rings. The van der Waals surface area contributed by atoms with Crippen molar-refractivity contribution in [3.8, 4) is 0 Å². The molecule has 0 aliphatic heterocycles. The summed E-state index contributed by atoms with van der Waals surface area (Å²) in [6.07, 6.45) is 6.02. The molecule has 0 aliphatic rings. The van der Waals surface area contributed by atoms with E-state index >= 15 is 0 Å². The fourth-order valence-electron chi connectivity index (χ4n) is 1.89. The van der Waals surface area contributed by atoms with Crippen molar-refractivity contribution < 1.29 is 4.39 Å². The van der Waals surface area contributed by atoms with Gasteiger partial charge in [0, 0.05) is 18.3 Å². The molecule has 1 atom stereocenters. The highest BCUT2D eigenvalue weighted by Gasteiger charge is 2.07. The zero-order chi connectivity index (χ0) is 13.4. The van der Waals surface area contributed by atoms with Crippen LogP contribution in [0.5, 0.6) is 0 Å². The Bertz CT molecular complexity index is 358. The average molecular weight is 317 g/mol. The lowest BCUT2D eigenvalue weighted by Crippen LogP contribution is -2.28. The van der Waals surface area contributed by atoms with Gasteiger partial charge in [-0.3, -0.25) is 0 Å². The summed E-state index contributed by atoms with van der Waals surface area (Å²) in [5, 5.41) is 3.35. The smallest absolute Gasteiger partial charge is 0.137 e. The van der Waals surface area contributed by atoms with Gasteiger partial charge in [-0.2, -0.15) is 0 Å². The summed E-state index contributed by atoms with van der Waals surface area (Å²) in [5.41, 5.74) is 6.67. The topological polar surface area (TPSA) is 38.0 Å². The first-order valence-electron chi connectivity index (χ1n) is 6.59. The van der Waals surface area contributed by atoms with E-state index in [0.717, 1.165) is 12.1 Å². The lowest BCUT2D eigenvalue weighted by molar-refractivity contribution is 0.575. The lowest BCUT2D eigenvalue weighted by Gasteiger charge is -2.18. The minimum Gasteiger partial charge on any atom is -0.381 e. The van der Waals surface area contributed by atoms with Crippen molar-refractivity contribution in [1.82, 2.24) is 0 Å². The highest BCUT2D eigenvalue weighted by Crippen LogP contribution is 2.21. The van der Waals surface area contributed by atoms with Gasteiger partial charge in [-0.15, -0.1) is 0 Å². The van der Waals surface area contributed by atoms with Crippen LogP contribution in [0.1, 0.15) is 39.0 Å². The molecular formula is C14H22BrFN2. The molecule has 0 heterocycles. The predicted octanol–water partition coefficient (Wildman–Crippen LogP) is 4.30.